The molecule has 116 valence electrons. The maximum absolute atomic E-state index is 12.4. The maximum atomic E-state index is 12.4. The molecule has 0 aliphatic carbocycles. The van der Waals surface area contributed by atoms with Gasteiger partial charge in [0, 0.05) is 24.0 Å². The number of hydrogen-bond donors (Lipinski definition) is 0. The molecule has 1 amide bonds. The van der Waals surface area contributed by atoms with E-state index in [0.29, 0.717) is 0 Å². The number of nitrogens with zero attached hydrogens (tertiary/aromatic N) is 1. The summed E-state index contributed by atoms with van der Waals surface area (Å²) in [7, 11) is 0. The monoisotopic (exact) mass is 351 g/mol. The smallest absolute Gasteiger partial charge is 0.254 e. The number of carbonyl (C=O) groups is 1. The van der Waals surface area contributed by atoms with Crippen molar-refractivity contribution in [3.8, 4) is 0 Å². The lowest BCUT2D eigenvalue weighted by molar-refractivity contribution is 0.0736. The van der Waals surface area contributed by atoms with E-state index < -0.39 is 0 Å². The summed E-state index contributed by atoms with van der Waals surface area (Å²) >= 11 is 3.47. The average molecular weight is 352 g/mol. The van der Waals surface area contributed by atoms with Crippen LogP contribution in [0.4, 0.5) is 0 Å². The van der Waals surface area contributed by atoms with Crippen LogP contribution in [0, 0.1) is 0 Å². The van der Waals surface area contributed by atoms with Crippen LogP contribution in [-0.2, 0) is 6.42 Å². The number of halogens is 1. The van der Waals surface area contributed by atoms with Crippen molar-refractivity contribution in [2.24, 2.45) is 0 Å². The van der Waals surface area contributed by atoms with Crippen LogP contribution in [0.2, 0.25) is 0 Å². The Balaban J connectivity index is 1.63. The van der Waals surface area contributed by atoms with Gasteiger partial charge in [0.15, 0.2) is 0 Å². The molecule has 0 radical (unpaired) electrons. The minimum Gasteiger partial charge on any atom is -0.338 e. The fourth-order valence-corrected chi connectivity index (χ4v) is 3.37. The molecule has 1 aromatic rings. The molecule has 0 saturated carbocycles. The normalized spacial score (nSPS) is 14.3. The van der Waals surface area contributed by atoms with Gasteiger partial charge in [0.25, 0.3) is 5.91 Å². The van der Waals surface area contributed by atoms with Crippen LogP contribution in [0.1, 0.15) is 60.9 Å². The minimum atomic E-state index is 0.231. The third-order valence-electron chi connectivity index (χ3n) is 4.25. The van der Waals surface area contributed by atoms with Gasteiger partial charge >= 0.3 is 0 Å². The molecule has 0 N–H and O–H groups in total. The number of amides is 1. The maximum Gasteiger partial charge on any atom is 0.254 e. The van der Waals surface area contributed by atoms with Crippen molar-refractivity contribution in [2.45, 2.75) is 51.4 Å². The Bertz CT molecular complexity index is 447. The molecule has 2 rings (SSSR count). The number of alkyl halides is 1. The van der Waals surface area contributed by atoms with Crippen LogP contribution < -0.4 is 0 Å². The van der Waals surface area contributed by atoms with E-state index >= 15 is 0 Å². The van der Waals surface area contributed by atoms with Crippen molar-refractivity contribution >= 4 is 21.8 Å². The van der Waals surface area contributed by atoms with Gasteiger partial charge in [-0.15, -0.1) is 0 Å². The van der Waals surface area contributed by atoms with Crippen molar-refractivity contribution in [1.29, 1.82) is 0 Å². The lowest BCUT2D eigenvalue weighted by Gasteiger charge is -2.28. The summed E-state index contributed by atoms with van der Waals surface area (Å²) in [6.45, 7) is 1.82. The molecule has 0 unspecified atom stereocenters. The molecule has 0 spiro atoms. The molecule has 0 saturated heterocycles. The highest BCUT2D eigenvalue weighted by Gasteiger charge is 2.22. The molecule has 1 aliphatic rings. The lowest BCUT2D eigenvalue weighted by Crippen LogP contribution is -2.38. The summed E-state index contributed by atoms with van der Waals surface area (Å²) in [4.78, 5) is 14.4. The van der Waals surface area contributed by atoms with Gasteiger partial charge in [0.2, 0.25) is 0 Å². The van der Waals surface area contributed by atoms with Crippen molar-refractivity contribution in [2.75, 3.05) is 18.4 Å². The first-order valence-electron chi connectivity index (χ1n) is 8.26. The van der Waals surface area contributed by atoms with Crippen molar-refractivity contribution in [1.82, 2.24) is 4.90 Å². The number of carbonyl (C=O) groups excluding carboxylic acids is 1. The van der Waals surface area contributed by atoms with Gasteiger partial charge in [-0.3, -0.25) is 4.79 Å². The molecule has 3 heteroatoms. The first-order chi connectivity index (χ1) is 10.3. The van der Waals surface area contributed by atoms with Crippen LogP contribution in [0.25, 0.3) is 0 Å². The van der Waals surface area contributed by atoms with Crippen LogP contribution >= 0.6 is 15.9 Å². The topological polar surface area (TPSA) is 20.3 Å². The van der Waals surface area contributed by atoms with Crippen molar-refractivity contribution in [3.05, 3.63) is 35.4 Å². The van der Waals surface area contributed by atoms with E-state index in [4.69, 9.17) is 0 Å². The Morgan fingerprint density at radius 2 is 1.62 bits per heavy atom. The van der Waals surface area contributed by atoms with Crippen LogP contribution in [0.5, 0.6) is 0 Å². The molecular formula is C18H26BrNO. The Kier molecular flexibility index (Phi) is 7.28. The molecule has 2 nitrogen and oxygen atoms in total. The van der Waals surface area contributed by atoms with Gasteiger partial charge in [0.05, 0.1) is 0 Å². The van der Waals surface area contributed by atoms with Gasteiger partial charge in [-0.2, -0.15) is 0 Å². The molecule has 1 aliphatic heterocycles. The second-order valence-electron chi connectivity index (χ2n) is 5.86. The van der Waals surface area contributed by atoms with E-state index in [0.717, 1.165) is 36.8 Å². The largest absolute Gasteiger partial charge is 0.338 e. The highest BCUT2D eigenvalue weighted by atomic mass is 79.9. The molecule has 0 atom stereocenters. The van der Waals surface area contributed by atoms with Gasteiger partial charge in [0.1, 0.15) is 0 Å². The van der Waals surface area contributed by atoms with E-state index in [1.54, 1.807) is 0 Å². The number of hydrogen-bond acceptors (Lipinski definition) is 1. The van der Waals surface area contributed by atoms with E-state index in [1.807, 2.05) is 23.1 Å². The van der Waals surface area contributed by atoms with Crippen molar-refractivity contribution < 1.29 is 4.79 Å². The Hall–Kier alpha value is -0.830. The average Bonchev–Trinajstić information content (AvgIpc) is 2.52. The van der Waals surface area contributed by atoms with Crippen LogP contribution in [-0.4, -0.2) is 29.2 Å². The predicted octanol–water partition coefficient (Wildman–Crippen LogP) is 4.81. The molecule has 0 bridgehead atoms. The first-order valence-corrected chi connectivity index (χ1v) is 9.38. The second-order valence-corrected chi connectivity index (χ2v) is 6.66. The van der Waals surface area contributed by atoms with Gasteiger partial charge in [-0.05, 0) is 30.9 Å². The minimum absolute atomic E-state index is 0.231. The number of benzene rings is 1. The van der Waals surface area contributed by atoms with Crippen LogP contribution in [0.3, 0.4) is 0 Å². The zero-order valence-corrected chi connectivity index (χ0v) is 14.4. The number of unbranched alkanes of at least 4 members (excludes halogenated alkanes) is 6. The fraction of sp³-hybridized carbons (Fsp3) is 0.611. The van der Waals surface area contributed by atoms with Crippen LogP contribution in [0.15, 0.2) is 24.3 Å². The second kappa shape index (κ2) is 9.24. The third-order valence-corrected chi connectivity index (χ3v) is 4.81. The zero-order chi connectivity index (χ0) is 14.9. The summed E-state index contributed by atoms with van der Waals surface area (Å²) in [5, 5.41) is 1.13. The van der Waals surface area contributed by atoms with E-state index in [9.17, 15) is 4.79 Å². The van der Waals surface area contributed by atoms with Gasteiger partial charge in [-0.1, -0.05) is 66.2 Å². The van der Waals surface area contributed by atoms with Crippen molar-refractivity contribution in [3.63, 3.8) is 0 Å². The molecule has 1 aromatic carbocycles. The fourth-order valence-electron chi connectivity index (χ4n) is 2.97. The zero-order valence-electron chi connectivity index (χ0n) is 12.8. The summed E-state index contributed by atoms with van der Waals surface area (Å²) in [6, 6.07) is 8.04. The predicted molar refractivity (Wildman–Crippen MR) is 92.2 cm³/mol. The summed E-state index contributed by atoms with van der Waals surface area (Å²) in [6.07, 6.45) is 10.0. The van der Waals surface area contributed by atoms with E-state index in [1.165, 1.54) is 44.1 Å². The Morgan fingerprint density at radius 3 is 2.38 bits per heavy atom. The number of rotatable bonds is 9. The summed E-state index contributed by atoms with van der Waals surface area (Å²) < 4.78 is 0. The molecular weight excluding hydrogens is 326 g/mol. The van der Waals surface area contributed by atoms with Gasteiger partial charge in [-0.25, -0.2) is 0 Å². The van der Waals surface area contributed by atoms with E-state index in [-0.39, 0.29) is 5.91 Å². The highest BCUT2D eigenvalue weighted by Crippen LogP contribution is 2.19. The third kappa shape index (κ3) is 5.14. The van der Waals surface area contributed by atoms with Gasteiger partial charge < -0.3 is 4.90 Å². The molecule has 0 fully saturated rings. The Labute approximate surface area is 137 Å². The molecule has 0 aromatic heterocycles. The molecule has 21 heavy (non-hydrogen) atoms. The SMILES string of the molecule is O=C1c2ccccc2CCN1CCCCCCCCCBr. The highest BCUT2D eigenvalue weighted by molar-refractivity contribution is 9.09. The summed E-state index contributed by atoms with van der Waals surface area (Å²) in [5.41, 5.74) is 2.13. The lowest BCUT2D eigenvalue weighted by atomic mass is 9.99. The van der Waals surface area contributed by atoms with E-state index in [2.05, 4.69) is 22.0 Å². The molecule has 1 heterocycles. The first kappa shape index (κ1) is 16.5. The summed E-state index contributed by atoms with van der Waals surface area (Å²) in [5.74, 6) is 0.231. The Morgan fingerprint density at radius 1 is 0.952 bits per heavy atom. The number of fused-ring (bicyclic) bond motifs is 1. The quantitative estimate of drug-likeness (QED) is 0.461. The standard InChI is InChI=1S/C18H26BrNO/c19-13-8-4-2-1-3-5-9-14-20-15-12-16-10-6-7-11-17(16)18(20)21/h6-7,10-11H,1-5,8-9,12-15H2.